The van der Waals surface area contributed by atoms with Crippen molar-refractivity contribution in [2.45, 2.75) is 39.7 Å². The van der Waals surface area contributed by atoms with E-state index in [2.05, 4.69) is 40.9 Å². The van der Waals surface area contributed by atoms with Gasteiger partial charge in [0, 0.05) is 25.4 Å². The second-order valence-corrected chi connectivity index (χ2v) is 3.84. The van der Waals surface area contributed by atoms with Gasteiger partial charge in [-0.3, -0.25) is 0 Å². The van der Waals surface area contributed by atoms with Crippen molar-refractivity contribution in [1.82, 2.24) is 14.9 Å². The Bertz CT molecular complexity index is 302. The zero-order chi connectivity index (χ0) is 11.6. The second kappa shape index (κ2) is 8.11. The zero-order valence-corrected chi connectivity index (χ0v) is 10.4. The van der Waals surface area contributed by atoms with Crippen LogP contribution in [0.2, 0.25) is 0 Å². The molecule has 0 aliphatic carbocycles. The number of imidazole rings is 1. The third-order valence-electron chi connectivity index (χ3n) is 2.52. The van der Waals surface area contributed by atoms with E-state index in [4.69, 9.17) is 0 Å². The highest BCUT2D eigenvalue weighted by Crippen LogP contribution is 1.99. The van der Waals surface area contributed by atoms with Crippen molar-refractivity contribution in [2.24, 2.45) is 0 Å². The molecule has 16 heavy (non-hydrogen) atoms. The highest BCUT2D eigenvalue weighted by atomic mass is 15.0. The molecule has 0 radical (unpaired) electrons. The van der Waals surface area contributed by atoms with Crippen LogP contribution in [0.4, 0.5) is 0 Å². The Hall–Kier alpha value is -1.09. The summed E-state index contributed by atoms with van der Waals surface area (Å²) >= 11 is 0. The molecule has 0 saturated carbocycles. The molecule has 0 spiro atoms. The number of aromatic nitrogens is 2. The molecule has 1 aromatic rings. The van der Waals surface area contributed by atoms with Gasteiger partial charge in [-0.2, -0.15) is 0 Å². The van der Waals surface area contributed by atoms with Gasteiger partial charge in [0.15, 0.2) is 0 Å². The minimum Gasteiger partial charge on any atom is -0.335 e. The first-order valence-corrected chi connectivity index (χ1v) is 6.24. The summed E-state index contributed by atoms with van der Waals surface area (Å²) in [5, 5.41) is 3.38. The van der Waals surface area contributed by atoms with Gasteiger partial charge in [0.2, 0.25) is 0 Å². The van der Waals surface area contributed by atoms with Crippen LogP contribution < -0.4 is 5.32 Å². The van der Waals surface area contributed by atoms with Crippen LogP contribution in [0.3, 0.4) is 0 Å². The summed E-state index contributed by atoms with van der Waals surface area (Å²) in [6.07, 6.45) is 11.6. The Balaban J connectivity index is 2.16. The zero-order valence-electron chi connectivity index (χ0n) is 10.4. The lowest BCUT2D eigenvalue weighted by Crippen LogP contribution is -2.15. The van der Waals surface area contributed by atoms with E-state index in [9.17, 15) is 0 Å². The molecule has 1 N–H and O–H groups in total. The highest BCUT2D eigenvalue weighted by Gasteiger charge is 1.96. The van der Waals surface area contributed by atoms with Crippen LogP contribution in [0.15, 0.2) is 24.5 Å². The van der Waals surface area contributed by atoms with E-state index < -0.39 is 0 Å². The summed E-state index contributed by atoms with van der Waals surface area (Å²) in [6.45, 7) is 7.53. The molecule has 0 atom stereocenters. The molecule has 1 heterocycles. The van der Waals surface area contributed by atoms with E-state index in [-0.39, 0.29) is 0 Å². The molecule has 1 rings (SSSR count). The molecular weight excluding hydrogens is 198 g/mol. The Labute approximate surface area is 98.6 Å². The Kier molecular flexibility index (Phi) is 6.58. The molecule has 0 amide bonds. The fourth-order valence-electron chi connectivity index (χ4n) is 1.61. The van der Waals surface area contributed by atoms with E-state index >= 15 is 0 Å². The van der Waals surface area contributed by atoms with Crippen molar-refractivity contribution in [3.05, 3.63) is 30.4 Å². The normalized spacial score (nSPS) is 11.4. The summed E-state index contributed by atoms with van der Waals surface area (Å²) in [4.78, 5) is 4.33. The van der Waals surface area contributed by atoms with Gasteiger partial charge in [-0.25, -0.2) is 4.98 Å². The van der Waals surface area contributed by atoms with Crippen molar-refractivity contribution in [3.8, 4) is 0 Å². The number of nitrogens with one attached hydrogen (secondary N) is 1. The van der Waals surface area contributed by atoms with Crippen LogP contribution in [0, 0.1) is 0 Å². The molecule has 90 valence electrons. The van der Waals surface area contributed by atoms with E-state index in [0.29, 0.717) is 0 Å². The molecule has 0 aliphatic rings. The van der Waals surface area contributed by atoms with Gasteiger partial charge in [-0.15, -0.1) is 0 Å². The maximum absolute atomic E-state index is 4.33. The van der Waals surface area contributed by atoms with Crippen molar-refractivity contribution >= 4 is 0 Å². The smallest absolute Gasteiger partial charge is 0.112 e. The van der Waals surface area contributed by atoms with Crippen molar-refractivity contribution in [1.29, 1.82) is 0 Å². The number of hydrogen-bond acceptors (Lipinski definition) is 2. The third kappa shape index (κ3) is 4.62. The molecule has 0 bridgehead atoms. The predicted octanol–water partition coefficient (Wildman–Crippen LogP) is 2.39. The maximum atomic E-state index is 4.33. The van der Waals surface area contributed by atoms with Gasteiger partial charge in [0.05, 0.1) is 0 Å². The second-order valence-electron chi connectivity index (χ2n) is 3.84. The van der Waals surface area contributed by atoms with Gasteiger partial charge >= 0.3 is 0 Å². The van der Waals surface area contributed by atoms with Crippen LogP contribution >= 0.6 is 0 Å². The van der Waals surface area contributed by atoms with Gasteiger partial charge in [0.1, 0.15) is 5.82 Å². The number of nitrogens with zero attached hydrogens (tertiary/aromatic N) is 2. The van der Waals surface area contributed by atoms with Crippen LogP contribution in [-0.4, -0.2) is 22.6 Å². The van der Waals surface area contributed by atoms with E-state index in [0.717, 1.165) is 38.3 Å². The largest absolute Gasteiger partial charge is 0.335 e. The van der Waals surface area contributed by atoms with E-state index in [1.807, 2.05) is 12.4 Å². The first-order chi connectivity index (χ1) is 7.88. The van der Waals surface area contributed by atoms with Crippen LogP contribution in [-0.2, 0) is 13.0 Å². The SMILES string of the molecule is CCCNCCC=CCc1nccn1CC. The number of aryl methyl sites for hydroxylation is 1. The minimum absolute atomic E-state index is 0.939. The van der Waals surface area contributed by atoms with E-state index in [1.54, 1.807) is 0 Å². The molecule has 0 aliphatic heterocycles. The minimum atomic E-state index is 0.939. The predicted molar refractivity (Wildman–Crippen MR) is 68.5 cm³/mol. The maximum Gasteiger partial charge on any atom is 0.112 e. The Morgan fingerprint density at radius 2 is 2.19 bits per heavy atom. The van der Waals surface area contributed by atoms with Crippen LogP contribution in [0.1, 0.15) is 32.5 Å². The topological polar surface area (TPSA) is 29.9 Å². The summed E-state index contributed by atoms with van der Waals surface area (Å²) in [6, 6.07) is 0. The molecule has 0 fully saturated rings. The summed E-state index contributed by atoms with van der Waals surface area (Å²) < 4.78 is 2.18. The van der Waals surface area contributed by atoms with Crippen LogP contribution in [0.25, 0.3) is 0 Å². The van der Waals surface area contributed by atoms with Gasteiger partial charge in [0.25, 0.3) is 0 Å². The fourth-order valence-corrected chi connectivity index (χ4v) is 1.61. The Morgan fingerprint density at radius 1 is 1.31 bits per heavy atom. The lowest BCUT2D eigenvalue weighted by molar-refractivity contribution is 0.677. The average Bonchev–Trinajstić information content (AvgIpc) is 2.75. The standard InChI is InChI=1S/C13H23N3/c1-3-9-14-10-7-5-6-8-13-15-11-12-16(13)4-2/h5-6,11-12,14H,3-4,7-10H2,1-2H3. The molecule has 3 heteroatoms. The molecular formula is C13H23N3. The summed E-state index contributed by atoms with van der Waals surface area (Å²) in [7, 11) is 0. The molecule has 1 aromatic heterocycles. The molecule has 0 unspecified atom stereocenters. The quantitative estimate of drug-likeness (QED) is 0.539. The Morgan fingerprint density at radius 3 is 2.94 bits per heavy atom. The monoisotopic (exact) mass is 221 g/mol. The summed E-state index contributed by atoms with van der Waals surface area (Å²) in [5.41, 5.74) is 0. The highest BCUT2D eigenvalue weighted by molar-refractivity contribution is 4.99. The van der Waals surface area contributed by atoms with E-state index in [1.165, 1.54) is 6.42 Å². The molecule has 3 nitrogen and oxygen atoms in total. The lowest BCUT2D eigenvalue weighted by atomic mass is 10.3. The van der Waals surface area contributed by atoms with Crippen molar-refractivity contribution in [2.75, 3.05) is 13.1 Å². The number of allylic oxidation sites excluding steroid dienone is 1. The van der Waals surface area contributed by atoms with Gasteiger partial charge in [-0.05, 0) is 32.9 Å². The first kappa shape index (κ1) is 13.0. The van der Waals surface area contributed by atoms with Gasteiger partial charge < -0.3 is 9.88 Å². The van der Waals surface area contributed by atoms with Crippen molar-refractivity contribution < 1.29 is 0 Å². The molecule has 0 aromatic carbocycles. The number of hydrogen-bond donors (Lipinski definition) is 1. The summed E-state index contributed by atoms with van der Waals surface area (Å²) in [5.74, 6) is 1.15. The fraction of sp³-hybridized carbons (Fsp3) is 0.615. The average molecular weight is 221 g/mol. The lowest BCUT2D eigenvalue weighted by Gasteiger charge is -2.01. The van der Waals surface area contributed by atoms with Gasteiger partial charge in [-0.1, -0.05) is 19.1 Å². The molecule has 0 saturated heterocycles. The van der Waals surface area contributed by atoms with Crippen LogP contribution in [0.5, 0.6) is 0 Å². The van der Waals surface area contributed by atoms with Crippen molar-refractivity contribution in [3.63, 3.8) is 0 Å². The third-order valence-corrected chi connectivity index (χ3v) is 2.52. The number of rotatable bonds is 8. The first-order valence-electron chi connectivity index (χ1n) is 6.24.